The van der Waals surface area contributed by atoms with Gasteiger partial charge in [-0.25, -0.2) is 26.9 Å². The van der Waals surface area contributed by atoms with Crippen LogP contribution in [0.1, 0.15) is 6.42 Å². The largest absolute Gasteiger partial charge is 0.354 e. The summed E-state index contributed by atoms with van der Waals surface area (Å²) in [6.07, 6.45) is -1.44. The average molecular weight is 548 g/mol. The highest BCUT2D eigenvalue weighted by atomic mass is 32.2. The number of rotatable bonds is 9. The van der Waals surface area contributed by atoms with Gasteiger partial charge in [-0.15, -0.1) is 0 Å². The van der Waals surface area contributed by atoms with E-state index in [2.05, 4.69) is 0 Å². The lowest BCUT2D eigenvalue weighted by Crippen LogP contribution is -2.49. The Morgan fingerprint density at radius 3 is 2.11 bits per heavy atom. The summed E-state index contributed by atoms with van der Waals surface area (Å²) in [5.41, 5.74) is 0.0861. The minimum Gasteiger partial charge on any atom is -0.354 e. The normalized spacial score (nSPS) is 16.9. The van der Waals surface area contributed by atoms with E-state index in [4.69, 9.17) is 14.6 Å². The second kappa shape index (κ2) is 10.3. The maximum absolute atomic E-state index is 13.8. The number of sulfonamides is 2. The van der Waals surface area contributed by atoms with Crippen LogP contribution in [0.5, 0.6) is 0 Å². The molecule has 196 valence electrons. The zero-order valence-corrected chi connectivity index (χ0v) is 21.6. The van der Waals surface area contributed by atoms with Crippen molar-refractivity contribution in [1.82, 2.24) is 4.31 Å². The first-order chi connectivity index (χ1) is 17.5. The van der Waals surface area contributed by atoms with Crippen molar-refractivity contribution < 1.29 is 35.9 Å². The highest BCUT2D eigenvalue weighted by Crippen LogP contribution is 2.31. The van der Waals surface area contributed by atoms with Crippen LogP contribution >= 0.6 is 0 Å². The molecule has 0 bridgehead atoms. The van der Waals surface area contributed by atoms with E-state index in [1.807, 2.05) is 12.1 Å². The smallest absolute Gasteiger partial charge is 0.252 e. The molecule has 11 nitrogen and oxygen atoms in total. The topological polar surface area (TPSA) is 153 Å². The number of methoxy groups -OCH3 is 2. The molecule has 37 heavy (non-hydrogen) atoms. The molecular weight excluding hydrogens is 522 g/mol. The zero-order chi connectivity index (χ0) is 27.0. The summed E-state index contributed by atoms with van der Waals surface area (Å²) in [6, 6.07) is 15.3. The van der Waals surface area contributed by atoms with Gasteiger partial charge in [0.1, 0.15) is 6.04 Å². The van der Waals surface area contributed by atoms with Crippen LogP contribution in [0.4, 0.5) is 5.69 Å². The lowest BCUT2D eigenvalue weighted by molar-refractivity contribution is -0.125. The first-order valence-electron chi connectivity index (χ1n) is 11.0. The summed E-state index contributed by atoms with van der Waals surface area (Å²) in [5.74, 6) is -1.44. The van der Waals surface area contributed by atoms with E-state index in [-0.39, 0.29) is 22.0 Å². The molecule has 0 radical (unpaired) electrons. The van der Waals surface area contributed by atoms with E-state index in [1.54, 1.807) is 18.2 Å². The van der Waals surface area contributed by atoms with Gasteiger partial charge in [0.2, 0.25) is 26.0 Å². The van der Waals surface area contributed by atoms with E-state index in [0.717, 1.165) is 26.7 Å². The number of imide groups is 1. The highest BCUT2D eigenvalue weighted by molar-refractivity contribution is 7.89. The van der Waals surface area contributed by atoms with Crippen LogP contribution in [0, 0.1) is 0 Å². The Balaban J connectivity index is 1.73. The van der Waals surface area contributed by atoms with Crippen molar-refractivity contribution in [3.05, 3.63) is 66.7 Å². The van der Waals surface area contributed by atoms with Crippen LogP contribution < -0.4 is 10.0 Å². The van der Waals surface area contributed by atoms with Gasteiger partial charge in [0, 0.05) is 14.2 Å². The van der Waals surface area contributed by atoms with Crippen LogP contribution in [0.15, 0.2) is 76.5 Å². The van der Waals surface area contributed by atoms with Gasteiger partial charge in [0.25, 0.3) is 5.91 Å². The number of amides is 2. The summed E-state index contributed by atoms with van der Waals surface area (Å²) in [7, 11) is -5.63. The molecule has 2 N–H and O–H groups in total. The maximum Gasteiger partial charge on any atom is 0.252 e. The summed E-state index contributed by atoms with van der Waals surface area (Å²) < 4.78 is 62.1. The van der Waals surface area contributed by atoms with Crippen molar-refractivity contribution in [2.75, 3.05) is 25.7 Å². The van der Waals surface area contributed by atoms with Crippen molar-refractivity contribution in [1.29, 1.82) is 0 Å². The molecule has 0 aromatic heterocycles. The van der Waals surface area contributed by atoms with Gasteiger partial charge in [-0.2, -0.15) is 4.31 Å². The van der Waals surface area contributed by atoms with Crippen molar-refractivity contribution in [3.8, 4) is 0 Å². The first kappa shape index (κ1) is 26.9. The van der Waals surface area contributed by atoms with E-state index in [9.17, 15) is 26.4 Å². The molecule has 1 atom stereocenters. The molecule has 1 fully saturated rings. The molecule has 2 amide bonds. The third-order valence-electron chi connectivity index (χ3n) is 6.08. The monoisotopic (exact) mass is 547 g/mol. The van der Waals surface area contributed by atoms with Crippen molar-refractivity contribution in [3.63, 3.8) is 0 Å². The Morgan fingerprint density at radius 1 is 0.919 bits per heavy atom. The predicted molar refractivity (Wildman–Crippen MR) is 134 cm³/mol. The molecular formula is C24H25N3O8S2. The van der Waals surface area contributed by atoms with Crippen LogP contribution in [0.3, 0.4) is 0 Å². The molecule has 1 saturated heterocycles. The van der Waals surface area contributed by atoms with Gasteiger partial charge in [0.15, 0.2) is 6.29 Å². The molecule has 0 spiro atoms. The SMILES string of the molecule is COC(CN(C1CC(=O)N(c2ccc(S(N)(=O)=O)cc2)C1=O)S(=O)(=O)c1ccc2ccccc2c1)OC. The highest BCUT2D eigenvalue weighted by Gasteiger charge is 2.47. The fourth-order valence-corrected chi connectivity index (χ4v) is 6.27. The molecule has 1 aliphatic rings. The third kappa shape index (κ3) is 5.28. The van der Waals surface area contributed by atoms with Crippen LogP contribution in [0.2, 0.25) is 0 Å². The van der Waals surface area contributed by atoms with E-state index < -0.39 is 50.6 Å². The van der Waals surface area contributed by atoms with Gasteiger partial charge >= 0.3 is 0 Å². The number of carbonyl (C=O) groups is 2. The molecule has 3 aromatic carbocycles. The number of hydrogen-bond acceptors (Lipinski definition) is 8. The number of primary sulfonamides is 1. The molecule has 13 heteroatoms. The summed E-state index contributed by atoms with van der Waals surface area (Å²) >= 11 is 0. The Labute approximate surface area is 214 Å². The number of carbonyl (C=O) groups excluding carboxylic acids is 2. The Morgan fingerprint density at radius 2 is 1.51 bits per heavy atom. The van der Waals surface area contributed by atoms with Crippen LogP contribution in [0.25, 0.3) is 10.8 Å². The molecule has 1 unspecified atom stereocenters. The number of nitrogens with zero attached hydrogens (tertiary/aromatic N) is 2. The van der Waals surface area contributed by atoms with Gasteiger partial charge in [-0.1, -0.05) is 30.3 Å². The Kier molecular flexibility index (Phi) is 7.46. The second-order valence-corrected chi connectivity index (χ2v) is 11.8. The number of nitrogens with two attached hydrogens (primary N) is 1. The lowest BCUT2D eigenvalue weighted by Gasteiger charge is -2.29. The predicted octanol–water partition coefficient (Wildman–Crippen LogP) is 1.43. The van der Waals surface area contributed by atoms with E-state index in [1.165, 1.54) is 38.5 Å². The zero-order valence-electron chi connectivity index (χ0n) is 20.0. The Hall–Kier alpha value is -3.20. The average Bonchev–Trinajstić information content (AvgIpc) is 3.17. The second-order valence-electron chi connectivity index (χ2n) is 8.31. The maximum atomic E-state index is 13.8. The van der Waals surface area contributed by atoms with Gasteiger partial charge in [-0.05, 0) is 47.2 Å². The van der Waals surface area contributed by atoms with Crippen LogP contribution in [-0.2, 0) is 39.1 Å². The lowest BCUT2D eigenvalue weighted by atomic mass is 10.1. The fraction of sp³-hybridized carbons (Fsp3) is 0.250. The van der Waals surface area contributed by atoms with Gasteiger partial charge in [-0.3, -0.25) is 9.59 Å². The minimum atomic E-state index is -4.30. The van der Waals surface area contributed by atoms with Crippen molar-refractivity contribution >= 4 is 48.3 Å². The minimum absolute atomic E-state index is 0.0617. The van der Waals surface area contributed by atoms with Crippen molar-refractivity contribution in [2.24, 2.45) is 5.14 Å². The number of fused-ring (bicyclic) bond motifs is 1. The Bertz CT molecular complexity index is 1550. The van der Waals surface area contributed by atoms with E-state index in [0.29, 0.717) is 5.39 Å². The molecule has 1 aliphatic heterocycles. The quantitative estimate of drug-likeness (QED) is 0.312. The van der Waals surface area contributed by atoms with Gasteiger partial charge < -0.3 is 9.47 Å². The number of hydrogen-bond donors (Lipinski definition) is 1. The molecule has 0 aliphatic carbocycles. The number of benzene rings is 3. The molecule has 3 aromatic rings. The number of anilines is 1. The molecule has 1 heterocycles. The van der Waals surface area contributed by atoms with E-state index >= 15 is 0 Å². The first-order valence-corrected chi connectivity index (χ1v) is 14.0. The summed E-state index contributed by atoms with van der Waals surface area (Å²) in [5, 5.41) is 6.63. The van der Waals surface area contributed by atoms with Crippen molar-refractivity contribution in [2.45, 2.75) is 28.5 Å². The number of ether oxygens (including phenoxy) is 2. The molecule has 0 saturated carbocycles. The molecule has 4 rings (SSSR count). The summed E-state index contributed by atoms with van der Waals surface area (Å²) in [4.78, 5) is 27.0. The van der Waals surface area contributed by atoms with Gasteiger partial charge in [0.05, 0.1) is 28.4 Å². The third-order valence-corrected chi connectivity index (χ3v) is 8.88. The summed E-state index contributed by atoms with van der Waals surface area (Å²) in [6.45, 7) is -0.357. The van der Waals surface area contributed by atoms with Crippen LogP contribution in [-0.4, -0.2) is 66.1 Å². The fourth-order valence-electron chi connectivity index (χ4n) is 4.15. The standard InChI is InChI=1S/C24H25N3O8S2/c1-34-23(35-2)15-26(37(32,33)20-10-7-16-5-3-4-6-17(16)13-20)21-14-22(28)27(24(21)29)18-8-11-19(12-9-18)36(25,30)31/h3-13,21,23H,14-15H2,1-2H3,(H2,25,30,31).